The molecule has 0 spiro atoms. The van der Waals surface area contributed by atoms with Crippen LogP contribution in [0.4, 0.5) is 11.5 Å². The maximum absolute atomic E-state index is 12.4. The molecule has 2 N–H and O–H groups in total. The summed E-state index contributed by atoms with van der Waals surface area (Å²) in [4.78, 5) is 53.8. The van der Waals surface area contributed by atoms with Gasteiger partial charge in [-0.05, 0) is 49.9 Å². The summed E-state index contributed by atoms with van der Waals surface area (Å²) in [7, 11) is 4.02. The third-order valence-electron chi connectivity index (χ3n) is 4.07. The fraction of sp³-hybridized carbons (Fsp3) is 0.286. The molecule has 1 aromatic heterocycles. The van der Waals surface area contributed by atoms with Gasteiger partial charge in [-0.3, -0.25) is 14.5 Å². The maximum Gasteiger partial charge on any atom is 0.337 e. The number of aromatic nitrogens is 1. The Kier molecular flexibility index (Phi) is 8.21. The molecule has 10 nitrogen and oxygen atoms in total. The van der Waals surface area contributed by atoms with Crippen LogP contribution < -0.4 is 10.6 Å². The summed E-state index contributed by atoms with van der Waals surface area (Å²) in [5.74, 6) is -1.67. The van der Waals surface area contributed by atoms with E-state index >= 15 is 0 Å². The molecule has 0 atom stereocenters. The van der Waals surface area contributed by atoms with Crippen LogP contribution >= 0.6 is 0 Å². The van der Waals surface area contributed by atoms with Crippen molar-refractivity contribution in [2.45, 2.75) is 6.92 Å². The molecule has 2 aromatic rings. The van der Waals surface area contributed by atoms with Crippen LogP contribution in [0.5, 0.6) is 0 Å². The van der Waals surface area contributed by atoms with Crippen molar-refractivity contribution in [1.82, 2.24) is 9.88 Å². The molecule has 2 amide bonds. The van der Waals surface area contributed by atoms with E-state index in [9.17, 15) is 19.2 Å². The van der Waals surface area contributed by atoms with Gasteiger partial charge in [-0.15, -0.1) is 0 Å². The van der Waals surface area contributed by atoms with Crippen molar-refractivity contribution in [3.05, 3.63) is 53.2 Å². The van der Waals surface area contributed by atoms with E-state index in [2.05, 4.69) is 25.1 Å². The van der Waals surface area contributed by atoms with Crippen molar-refractivity contribution in [2.75, 3.05) is 45.0 Å². The number of nitrogens with zero attached hydrogens (tertiary/aromatic N) is 2. The van der Waals surface area contributed by atoms with Crippen LogP contribution in [0.25, 0.3) is 0 Å². The molecule has 0 unspecified atom stereocenters. The molecular weight excluding hydrogens is 404 g/mol. The first kappa shape index (κ1) is 23.5. The molecule has 10 heteroatoms. The number of methoxy groups -OCH3 is 2. The fourth-order valence-electron chi connectivity index (χ4n) is 2.70. The topological polar surface area (TPSA) is 127 Å². The number of benzene rings is 1. The average Bonchev–Trinajstić information content (AvgIpc) is 2.71. The third-order valence-corrected chi connectivity index (χ3v) is 4.07. The van der Waals surface area contributed by atoms with Gasteiger partial charge >= 0.3 is 11.9 Å². The summed E-state index contributed by atoms with van der Waals surface area (Å²) in [6.07, 6.45) is 1.59. The number of carbonyl (C=O) groups is 4. The van der Waals surface area contributed by atoms with E-state index < -0.39 is 17.8 Å². The van der Waals surface area contributed by atoms with Crippen molar-refractivity contribution in [3.63, 3.8) is 0 Å². The van der Waals surface area contributed by atoms with Gasteiger partial charge < -0.3 is 20.1 Å². The number of ether oxygens (including phenoxy) is 2. The lowest BCUT2D eigenvalue weighted by molar-refractivity contribution is -0.119. The van der Waals surface area contributed by atoms with E-state index in [0.29, 0.717) is 5.82 Å². The summed E-state index contributed by atoms with van der Waals surface area (Å²) >= 11 is 0. The Morgan fingerprint density at radius 2 is 1.45 bits per heavy atom. The minimum Gasteiger partial charge on any atom is -0.465 e. The van der Waals surface area contributed by atoms with E-state index in [1.165, 1.54) is 37.3 Å². The van der Waals surface area contributed by atoms with Crippen LogP contribution in [0.15, 0.2) is 36.5 Å². The molecule has 0 aliphatic heterocycles. The Bertz CT molecular complexity index is 957. The summed E-state index contributed by atoms with van der Waals surface area (Å²) in [5, 5.41) is 5.26. The lowest BCUT2D eigenvalue weighted by Crippen LogP contribution is -2.36. The number of hydrogen-bond donors (Lipinski definition) is 2. The number of esters is 2. The van der Waals surface area contributed by atoms with Crippen LogP contribution in [0, 0.1) is 6.92 Å². The number of aryl methyl sites for hydroxylation is 1. The quantitative estimate of drug-likeness (QED) is 0.605. The Morgan fingerprint density at radius 1 is 0.903 bits per heavy atom. The number of hydrogen-bond acceptors (Lipinski definition) is 8. The monoisotopic (exact) mass is 428 g/mol. The Morgan fingerprint density at radius 3 is 1.97 bits per heavy atom. The summed E-state index contributed by atoms with van der Waals surface area (Å²) in [5.41, 5.74) is 1.34. The summed E-state index contributed by atoms with van der Waals surface area (Å²) in [6.45, 7) is 1.73. The number of nitrogens with one attached hydrogen (secondary N) is 2. The van der Waals surface area contributed by atoms with Gasteiger partial charge in [0, 0.05) is 11.9 Å². The molecule has 0 aliphatic rings. The van der Waals surface area contributed by atoms with Crippen LogP contribution in [-0.4, -0.2) is 68.0 Å². The number of pyridine rings is 1. The molecule has 1 heterocycles. The summed E-state index contributed by atoms with van der Waals surface area (Å²) < 4.78 is 9.34. The first-order valence-corrected chi connectivity index (χ1v) is 9.24. The van der Waals surface area contributed by atoms with Gasteiger partial charge in [0.2, 0.25) is 11.8 Å². The highest BCUT2D eigenvalue weighted by atomic mass is 16.5. The SMILES string of the molecule is COC(=O)c1cc(NC(=O)CN(C)CC(=O)Nc2cc(C)ccn2)cc(C(=O)OC)c1. The molecule has 1 aromatic carbocycles. The van der Waals surface area contributed by atoms with Crippen molar-refractivity contribution in [3.8, 4) is 0 Å². The Hall–Kier alpha value is -3.79. The van der Waals surface area contributed by atoms with Gasteiger partial charge in [0.05, 0.1) is 38.4 Å². The zero-order valence-electron chi connectivity index (χ0n) is 17.7. The minimum absolute atomic E-state index is 0.0430. The average molecular weight is 428 g/mol. The second-order valence-corrected chi connectivity index (χ2v) is 6.77. The summed E-state index contributed by atoms with van der Waals surface area (Å²) in [6, 6.07) is 7.62. The van der Waals surface area contributed by atoms with Gasteiger partial charge in [-0.1, -0.05) is 0 Å². The highest BCUT2D eigenvalue weighted by Crippen LogP contribution is 2.17. The zero-order chi connectivity index (χ0) is 23.0. The van der Waals surface area contributed by atoms with Crippen LogP contribution in [0.1, 0.15) is 26.3 Å². The molecule has 164 valence electrons. The second kappa shape index (κ2) is 10.8. The standard InChI is InChI=1S/C21H24N4O6/c1-13-5-6-22-17(7-13)24-19(27)12-25(2)11-18(26)23-16-9-14(20(28)30-3)8-15(10-16)21(29)31-4/h5-10H,11-12H2,1-4H3,(H,23,26)(H,22,24,27). The zero-order valence-corrected chi connectivity index (χ0v) is 17.7. The number of carbonyl (C=O) groups excluding carboxylic acids is 4. The smallest absolute Gasteiger partial charge is 0.337 e. The maximum atomic E-state index is 12.4. The molecular formula is C21H24N4O6. The minimum atomic E-state index is -0.667. The largest absolute Gasteiger partial charge is 0.465 e. The van der Waals surface area contributed by atoms with Crippen molar-refractivity contribution >= 4 is 35.3 Å². The van der Waals surface area contributed by atoms with E-state index in [1.54, 1.807) is 19.3 Å². The van der Waals surface area contributed by atoms with Crippen molar-refractivity contribution in [1.29, 1.82) is 0 Å². The molecule has 0 radical (unpaired) electrons. The molecule has 2 rings (SSSR count). The van der Waals surface area contributed by atoms with E-state index in [-0.39, 0.29) is 35.8 Å². The van der Waals surface area contributed by atoms with Gasteiger partial charge in [0.15, 0.2) is 0 Å². The van der Waals surface area contributed by atoms with Crippen molar-refractivity contribution < 1.29 is 28.7 Å². The normalized spacial score (nSPS) is 10.4. The van der Waals surface area contributed by atoms with E-state index in [0.717, 1.165) is 5.56 Å². The van der Waals surface area contributed by atoms with Crippen LogP contribution in [0.2, 0.25) is 0 Å². The first-order chi connectivity index (χ1) is 14.7. The van der Waals surface area contributed by atoms with Gasteiger partial charge in [-0.2, -0.15) is 0 Å². The lowest BCUT2D eigenvalue weighted by Gasteiger charge is -2.16. The number of likely N-dealkylation sites (N-methyl/N-ethyl adjacent to an activating group) is 1. The third kappa shape index (κ3) is 7.19. The van der Waals surface area contributed by atoms with Gasteiger partial charge in [0.1, 0.15) is 5.82 Å². The highest BCUT2D eigenvalue weighted by Gasteiger charge is 2.16. The molecule has 0 bridgehead atoms. The van der Waals surface area contributed by atoms with Crippen LogP contribution in [0.3, 0.4) is 0 Å². The van der Waals surface area contributed by atoms with Crippen molar-refractivity contribution in [2.24, 2.45) is 0 Å². The molecule has 31 heavy (non-hydrogen) atoms. The number of rotatable bonds is 8. The van der Waals surface area contributed by atoms with E-state index in [1.807, 2.05) is 13.0 Å². The predicted octanol–water partition coefficient (Wildman–Crippen LogP) is 1.47. The molecule has 0 saturated heterocycles. The number of amides is 2. The highest BCUT2D eigenvalue weighted by molar-refractivity contribution is 6.00. The second-order valence-electron chi connectivity index (χ2n) is 6.77. The fourth-order valence-corrected chi connectivity index (χ4v) is 2.70. The Balaban J connectivity index is 1.99. The lowest BCUT2D eigenvalue weighted by atomic mass is 10.1. The number of anilines is 2. The first-order valence-electron chi connectivity index (χ1n) is 9.24. The van der Waals surface area contributed by atoms with Crippen LogP contribution in [-0.2, 0) is 19.1 Å². The molecule has 0 saturated carbocycles. The van der Waals surface area contributed by atoms with E-state index in [4.69, 9.17) is 0 Å². The van der Waals surface area contributed by atoms with Gasteiger partial charge in [-0.25, -0.2) is 14.6 Å². The molecule has 0 fully saturated rings. The van der Waals surface area contributed by atoms with Gasteiger partial charge in [0.25, 0.3) is 0 Å². The predicted molar refractivity (Wildman–Crippen MR) is 113 cm³/mol. The molecule has 0 aliphatic carbocycles. The Labute approximate surface area is 179 Å².